The molecule has 2 rings (SSSR count). The molecular weight excluding hydrogens is 258 g/mol. The Hall–Kier alpha value is -1.66. The van der Waals surface area contributed by atoms with Crippen LogP contribution < -0.4 is 5.32 Å². The Kier molecular flexibility index (Phi) is 4.92. The lowest BCUT2D eigenvalue weighted by Crippen LogP contribution is -2.43. The minimum Gasteiger partial charge on any atom is -0.465 e. The van der Waals surface area contributed by atoms with E-state index in [0.29, 0.717) is 17.8 Å². The lowest BCUT2D eigenvalue weighted by Gasteiger charge is -2.30. The maximum atomic E-state index is 11.5. The average molecular weight is 279 g/mol. The van der Waals surface area contributed by atoms with E-state index in [1.54, 1.807) is 19.1 Å². The number of esters is 1. The van der Waals surface area contributed by atoms with Crippen LogP contribution in [0.1, 0.15) is 16.1 Å². The molecule has 20 heavy (non-hydrogen) atoms. The van der Waals surface area contributed by atoms with E-state index in [2.05, 4.69) is 22.2 Å². The summed E-state index contributed by atoms with van der Waals surface area (Å²) in [4.78, 5) is 18.1. The Labute approximate surface area is 119 Å². The maximum absolute atomic E-state index is 11.5. The Morgan fingerprint density at radius 1 is 1.60 bits per heavy atom. The quantitative estimate of drug-likeness (QED) is 0.827. The van der Waals surface area contributed by atoms with Crippen LogP contribution in [0.5, 0.6) is 0 Å². The van der Waals surface area contributed by atoms with Crippen LogP contribution >= 0.6 is 0 Å². The van der Waals surface area contributed by atoms with E-state index in [1.807, 2.05) is 0 Å². The van der Waals surface area contributed by atoms with Gasteiger partial charge in [0, 0.05) is 19.6 Å². The monoisotopic (exact) mass is 279 g/mol. The average Bonchev–Trinajstić information content (AvgIpc) is 2.44. The third-order valence-electron chi connectivity index (χ3n) is 3.34. The van der Waals surface area contributed by atoms with Gasteiger partial charge < -0.3 is 19.7 Å². The van der Waals surface area contributed by atoms with Crippen LogP contribution in [0.4, 0.5) is 5.82 Å². The molecule has 1 aromatic rings. The molecule has 1 aliphatic rings. The van der Waals surface area contributed by atoms with Crippen LogP contribution in [0.25, 0.3) is 0 Å². The predicted molar refractivity (Wildman–Crippen MR) is 76.0 cm³/mol. The number of aryl methyl sites for hydroxylation is 1. The van der Waals surface area contributed by atoms with Crippen molar-refractivity contribution in [3.8, 4) is 0 Å². The van der Waals surface area contributed by atoms with Gasteiger partial charge in [0.05, 0.1) is 31.1 Å². The fourth-order valence-electron chi connectivity index (χ4n) is 2.19. The highest BCUT2D eigenvalue weighted by Crippen LogP contribution is 2.12. The number of hydrogen-bond donors (Lipinski definition) is 1. The molecule has 1 aliphatic heterocycles. The van der Waals surface area contributed by atoms with Crippen LogP contribution in [0, 0.1) is 6.92 Å². The number of likely N-dealkylation sites (N-methyl/N-ethyl adjacent to an activating group) is 1. The fraction of sp³-hybridized carbons (Fsp3) is 0.571. The highest BCUT2D eigenvalue weighted by molar-refractivity contribution is 5.90. The molecule has 1 fully saturated rings. The van der Waals surface area contributed by atoms with Crippen molar-refractivity contribution < 1.29 is 14.3 Å². The minimum absolute atomic E-state index is 0.163. The number of pyridine rings is 1. The first kappa shape index (κ1) is 14.7. The van der Waals surface area contributed by atoms with E-state index in [4.69, 9.17) is 9.47 Å². The predicted octanol–water partition coefficient (Wildman–Crippen LogP) is 0.919. The maximum Gasteiger partial charge on any atom is 0.339 e. The molecule has 1 atom stereocenters. The van der Waals surface area contributed by atoms with Crippen molar-refractivity contribution in [1.29, 1.82) is 0 Å². The van der Waals surface area contributed by atoms with E-state index in [9.17, 15) is 4.79 Å². The van der Waals surface area contributed by atoms with E-state index < -0.39 is 0 Å². The molecule has 0 aromatic carbocycles. The first-order valence-electron chi connectivity index (χ1n) is 6.70. The summed E-state index contributed by atoms with van der Waals surface area (Å²) < 4.78 is 10.4. The van der Waals surface area contributed by atoms with Crippen LogP contribution in [0.3, 0.4) is 0 Å². The van der Waals surface area contributed by atoms with Gasteiger partial charge >= 0.3 is 5.97 Å². The second kappa shape index (κ2) is 6.67. The number of nitrogens with zero attached hydrogens (tertiary/aromatic N) is 2. The number of rotatable bonds is 4. The zero-order valence-corrected chi connectivity index (χ0v) is 12.2. The van der Waals surface area contributed by atoms with Crippen LogP contribution in [-0.4, -0.2) is 62.4 Å². The summed E-state index contributed by atoms with van der Waals surface area (Å²) in [6.07, 6.45) is 0.163. The molecule has 2 heterocycles. The lowest BCUT2D eigenvalue weighted by atomic mass is 10.2. The van der Waals surface area contributed by atoms with Crippen LogP contribution in [0.15, 0.2) is 12.1 Å². The number of aromatic nitrogens is 1. The highest BCUT2D eigenvalue weighted by atomic mass is 16.5. The summed E-state index contributed by atoms with van der Waals surface area (Å²) in [5.41, 5.74) is 1.15. The largest absolute Gasteiger partial charge is 0.465 e. The molecule has 0 amide bonds. The third-order valence-corrected chi connectivity index (χ3v) is 3.34. The molecule has 6 heteroatoms. The number of carbonyl (C=O) groups is 1. The number of ether oxygens (including phenoxy) is 2. The summed E-state index contributed by atoms with van der Waals surface area (Å²) in [5.74, 6) is 0.380. The summed E-state index contributed by atoms with van der Waals surface area (Å²) >= 11 is 0. The first-order valence-corrected chi connectivity index (χ1v) is 6.70. The smallest absolute Gasteiger partial charge is 0.339 e. The first-order chi connectivity index (χ1) is 9.60. The Balaban J connectivity index is 1.93. The number of morpholine rings is 1. The van der Waals surface area contributed by atoms with Gasteiger partial charge in [0.1, 0.15) is 5.82 Å². The standard InChI is InChI=1S/C14H21N3O3/c1-10-12(14(18)19-3)4-5-13(16-10)15-8-11-9-17(2)6-7-20-11/h4-5,11H,6-9H2,1-3H3,(H,15,16). The van der Waals surface area contributed by atoms with Gasteiger partial charge in [-0.2, -0.15) is 0 Å². The van der Waals surface area contributed by atoms with E-state index >= 15 is 0 Å². The fourth-order valence-corrected chi connectivity index (χ4v) is 2.19. The summed E-state index contributed by atoms with van der Waals surface area (Å²) in [6.45, 7) is 5.14. The number of hydrogen-bond acceptors (Lipinski definition) is 6. The molecule has 1 N–H and O–H groups in total. The van der Waals surface area contributed by atoms with Gasteiger partial charge in [-0.1, -0.05) is 0 Å². The number of nitrogens with one attached hydrogen (secondary N) is 1. The second-order valence-corrected chi connectivity index (χ2v) is 4.96. The Morgan fingerprint density at radius 2 is 2.40 bits per heavy atom. The van der Waals surface area contributed by atoms with Gasteiger partial charge in [-0.15, -0.1) is 0 Å². The summed E-state index contributed by atoms with van der Waals surface area (Å²) in [5, 5.41) is 3.25. The van der Waals surface area contributed by atoms with Gasteiger partial charge in [0.15, 0.2) is 0 Å². The van der Waals surface area contributed by atoms with Crippen molar-refractivity contribution in [2.24, 2.45) is 0 Å². The van der Waals surface area contributed by atoms with Gasteiger partial charge in [0.2, 0.25) is 0 Å². The van der Waals surface area contributed by atoms with Crippen molar-refractivity contribution in [2.75, 3.05) is 45.7 Å². The summed E-state index contributed by atoms with van der Waals surface area (Å²) in [7, 11) is 3.45. The van der Waals surface area contributed by atoms with Crippen LogP contribution in [0.2, 0.25) is 0 Å². The molecule has 1 aromatic heterocycles. The zero-order valence-electron chi connectivity index (χ0n) is 12.2. The zero-order chi connectivity index (χ0) is 14.5. The van der Waals surface area contributed by atoms with Crippen LogP contribution in [-0.2, 0) is 9.47 Å². The Bertz CT molecular complexity index is 479. The van der Waals surface area contributed by atoms with Gasteiger partial charge in [0.25, 0.3) is 0 Å². The van der Waals surface area contributed by atoms with Crippen molar-refractivity contribution in [2.45, 2.75) is 13.0 Å². The number of methoxy groups -OCH3 is 1. The molecule has 0 aliphatic carbocycles. The molecule has 0 spiro atoms. The van der Waals surface area contributed by atoms with Crippen molar-refractivity contribution in [1.82, 2.24) is 9.88 Å². The van der Waals surface area contributed by atoms with E-state index in [-0.39, 0.29) is 12.1 Å². The second-order valence-electron chi connectivity index (χ2n) is 4.96. The lowest BCUT2D eigenvalue weighted by molar-refractivity contribution is -0.0117. The molecule has 6 nitrogen and oxygen atoms in total. The molecule has 0 bridgehead atoms. The molecule has 0 saturated carbocycles. The van der Waals surface area contributed by atoms with Crippen molar-refractivity contribution >= 4 is 11.8 Å². The van der Waals surface area contributed by atoms with E-state index in [1.165, 1.54) is 7.11 Å². The molecule has 110 valence electrons. The van der Waals surface area contributed by atoms with Crippen molar-refractivity contribution in [3.05, 3.63) is 23.4 Å². The van der Waals surface area contributed by atoms with Gasteiger partial charge in [-0.25, -0.2) is 9.78 Å². The van der Waals surface area contributed by atoms with E-state index in [0.717, 1.165) is 25.5 Å². The molecule has 1 unspecified atom stereocenters. The van der Waals surface area contributed by atoms with Crippen molar-refractivity contribution in [3.63, 3.8) is 0 Å². The molecule has 1 saturated heterocycles. The Morgan fingerprint density at radius 3 is 3.05 bits per heavy atom. The van der Waals surface area contributed by atoms with Gasteiger partial charge in [-0.3, -0.25) is 0 Å². The molecular formula is C14H21N3O3. The normalized spacial score (nSPS) is 19.6. The SMILES string of the molecule is COC(=O)c1ccc(NCC2CN(C)CCO2)nc1C. The molecule has 0 radical (unpaired) electrons. The van der Waals surface area contributed by atoms with Gasteiger partial charge in [-0.05, 0) is 26.1 Å². The summed E-state index contributed by atoms with van der Waals surface area (Å²) in [6, 6.07) is 3.51. The minimum atomic E-state index is -0.362. The third kappa shape index (κ3) is 3.68. The number of carbonyl (C=O) groups excluding carboxylic acids is 1. The highest BCUT2D eigenvalue weighted by Gasteiger charge is 2.17. The topological polar surface area (TPSA) is 63.7 Å². The number of anilines is 1.